The maximum absolute atomic E-state index is 11.4. The van der Waals surface area contributed by atoms with E-state index < -0.39 is 0 Å². The summed E-state index contributed by atoms with van der Waals surface area (Å²) in [7, 11) is 1.91. The lowest BCUT2D eigenvalue weighted by Gasteiger charge is -2.13. The fourth-order valence-electron chi connectivity index (χ4n) is 1.63. The van der Waals surface area contributed by atoms with Crippen LogP contribution in [0.5, 0.6) is 0 Å². The lowest BCUT2D eigenvalue weighted by atomic mass is 10.1. The summed E-state index contributed by atoms with van der Waals surface area (Å²) in [5.74, 6) is 0.633. The standard InChI is InChI=1S/C11H22N2O2/c1-9(2)5-7-13-8-10(4-6-12-3)15-11(13)14/h9-10,12H,4-8H2,1-3H3. The highest BCUT2D eigenvalue weighted by Crippen LogP contribution is 2.15. The van der Waals surface area contributed by atoms with Gasteiger partial charge in [-0.15, -0.1) is 0 Å². The van der Waals surface area contributed by atoms with Gasteiger partial charge in [0.15, 0.2) is 0 Å². The molecule has 1 N–H and O–H groups in total. The van der Waals surface area contributed by atoms with E-state index in [-0.39, 0.29) is 12.2 Å². The molecule has 0 aromatic carbocycles. The molecule has 1 saturated heterocycles. The van der Waals surface area contributed by atoms with Crippen LogP contribution in [0.3, 0.4) is 0 Å². The van der Waals surface area contributed by atoms with Crippen LogP contribution in [0.1, 0.15) is 26.7 Å². The fourth-order valence-corrected chi connectivity index (χ4v) is 1.63. The van der Waals surface area contributed by atoms with Crippen molar-refractivity contribution in [2.45, 2.75) is 32.8 Å². The average Bonchev–Trinajstić information content (AvgIpc) is 2.53. The maximum Gasteiger partial charge on any atom is 0.410 e. The molecule has 1 fully saturated rings. The smallest absolute Gasteiger partial charge is 0.410 e. The molecular formula is C11H22N2O2. The Hall–Kier alpha value is -0.770. The highest BCUT2D eigenvalue weighted by molar-refractivity contribution is 5.69. The molecule has 0 bridgehead atoms. The minimum Gasteiger partial charge on any atom is -0.444 e. The molecule has 1 aliphatic heterocycles. The van der Waals surface area contributed by atoms with Crippen LogP contribution in [0, 0.1) is 5.92 Å². The predicted octanol–water partition coefficient (Wildman–Crippen LogP) is 1.46. The number of nitrogens with zero attached hydrogens (tertiary/aromatic N) is 1. The molecule has 4 heteroatoms. The molecule has 0 radical (unpaired) electrons. The highest BCUT2D eigenvalue weighted by atomic mass is 16.6. The second-order valence-corrected chi connectivity index (χ2v) is 4.53. The van der Waals surface area contributed by atoms with Crippen molar-refractivity contribution >= 4 is 6.09 Å². The van der Waals surface area contributed by atoms with Crippen LogP contribution in [-0.4, -0.2) is 43.8 Å². The SMILES string of the molecule is CNCCC1CN(CCC(C)C)C(=O)O1. The first kappa shape index (κ1) is 12.3. The third-order valence-corrected chi connectivity index (χ3v) is 2.64. The predicted molar refractivity (Wildman–Crippen MR) is 59.8 cm³/mol. The molecule has 0 aromatic rings. The fraction of sp³-hybridized carbons (Fsp3) is 0.909. The Morgan fingerprint density at radius 3 is 2.93 bits per heavy atom. The van der Waals surface area contributed by atoms with Gasteiger partial charge in [0, 0.05) is 6.54 Å². The summed E-state index contributed by atoms with van der Waals surface area (Å²) in [6.45, 7) is 6.82. The molecule has 0 saturated carbocycles. The number of rotatable bonds is 6. The number of cyclic esters (lactones) is 1. The van der Waals surface area contributed by atoms with E-state index >= 15 is 0 Å². The lowest BCUT2D eigenvalue weighted by molar-refractivity contribution is 0.128. The molecule has 1 amide bonds. The summed E-state index contributed by atoms with van der Waals surface area (Å²) < 4.78 is 5.26. The van der Waals surface area contributed by atoms with E-state index in [9.17, 15) is 4.79 Å². The van der Waals surface area contributed by atoms with Crippen molar-refractivity contribution in [2.24, 2.45) is 5.92 Å². The van der Waals surface area contributed by atoms with E-state index in [0.717, 1.165) is 32.5 Å². The second kappa shape index (κ2) is 5.95. The van der Waals surface area contributed by atoms with Crippen LogP contribution < -0.4 is 5.32 Å². The van der Waals surface area contributed by atoms with Gasteiger partial charge in [0.2, 0.25) is 0 Å². The molecule has 1 heterocycles. The monoisotopic (exact) mass is 214 g/mol. The van der Waals surface area contributed by atoms with Crippen molar-refractivity contribution in [1.82, 2.24) is 10.2 Å². The van der Waals surface area contributed by atoms with E-state index in [1.807, 2.05) is 11.9 Å². The Labute approximate surface area is 92.0 Å². The van der Waals surface area contributed by atoms with Crippen LogP contribution in [0.4, 0.5) is 4.79 Å². The van der Waals surface area contributed by atoms with Crippen molar-refractivity contribution in [2.75, 3.05) is 26.7 Å². The van der Waals surface area contributed by atoms with Gasteiger partial charge < -0.3 is 15.0 Å². The first-order valence-electron chi connectivity index (χ1n) is 5.73. The minimum absolute atomic E-state index is 0.0807. The van der Waals surface area contributed by atoms with Crippen LogP contribution in [-0.2, 0) is 4.74 Å². The Bertz CT molecular complexity index is 207. The van der Waals surface area contributed by atoms with Crippen molar-refractivity contribution in [3.8, 4) is 0 Å². The third kappa shape index (κ3) is 4.08. The molecule has 0 aliphatic carbocycles. The van der Waals surface area contributed by atoms with E-state index in [2.05, 4.69) is 19.2 Å². The van der Waals surface area contributed by atoms with Gasteiger partial charge in [-0.05, 0) is 32.4 Å². The van der Waals surface area contributed by atoms with Crippen molar-refractivity contribution in [3.05, 3.63) is 0 Å². The molecule has 4 nitrogen and oxygen atoms in total. The van der Waals surface area contributed by atoms with Crippen molar-refractivity contribution < 1.29 is 9.53 Å². The van der Waals surface area contributed by atoms with Gasteiger partial charge in [-0.3, -0.25) is 0 Å². The number of ether oxygens (including phenoxy) is 1. The summed E-state index contributed by atoms with van der Waals surface area (Å²) in [6.07, 6.45) is 1.89. The second-order valence-electron chi connectivity index (χ2n) is 4.53. The van der Waals surface area contributed by atoms with Crippen LogP contribution in [0.2, 0.25) is 0 Å². The van der Waals surface area contributed by atoms with Gasteiger partial charge in [0.05, 0.1) is 6.54 Å². The van der Waals surface area contributed by atoms with E-state index in [1.54, 1.807) is 0 Å². The van der Waals surface area contributed by atoms with Gasteiger partial charge in [0.25, 0.3) is 0 Å². The molecule has 1 atom stereocenters. The average molecular weight is 214 g/mol. The van der Waals surface area contributed by atoms with E-state index in [4.69, 9.17) is 4.74 Å². The van der Waals surface area contributed by atoms with E-state index in [1.165, 1.54) is 0 Å². The minimum atomic E-state index is -0.142. The number of carbonyl (C=O) groups is 1. The quantitative estimate of drug-likeness (QED) is 0.728. The summed E-state index contributed by atoms with van der Waals surface area (Å²) >= 11 is 0. The Morgan fingerprint density at radius 1 is 1.60 bits per heavy atom. The zero-order valence-electron chi connectivity index (χ0n) is 9.95. The maximum atomic E-state index is 11.4. The molecule has 1 unspecified atom stereocenters. The molecule has 88 valence electrons. The molecule has 1 rings (SSSR count). The summed E-state index contributed by atoms with van der Waals surface area (Å²) in [6, 6.07) is 0. The largest absolute Gasteiger partial charge is 0.444 e. The first-order valence-corrected chi connectivity index (χ1v) is 5.73. The molecule has 0 aromatic heterocycles. The van der Waals surface area contributed by atoms with Gasteiger partial charge in [-0.2, -0.15) is 0 Å². The van der Waals surface area contributed by atoms with Gasteiger partial charge >= 0.3 is 6.09 Å². The van der Waals surface area contributed by atoms with Gasteiger partial charge in [-0.1, -0.05) is 13.8 Å². The van der Waals surface area contributed by atoms with E-state index in [0.29, 0.717) is 5.92 Å². The lowest BCUT2D eigenvalue weighted by Crippen LogP contribution is -2.27. The number of hydrogen-bond acceptors (Lipinski definition) is 3. The first-order chi connectivity index (χ1) is 7.13. The van der Waals surface area contributed by atoms with Crippen LogP contribution >= 0.6 is 0 Å². The van der Waals surface area contributed by atoms with Crippen LogP contribution in [0.15, 0.2) is 0 Å². The highest BCUT2D eigenvalue weighted by Gasteiger charge is 2.30. The molecule has 1 aliphatic rings. The summed E-state index contributed by atoms with van der Waals surface area (Å²) in [4.78, 5) is 13.3. The van der Waals surface area contributed by atoms with Crippen molar-refractivity contribution in [1.29, 1.82) is 0 Å². The Balaban J connectivity index is 2.26. The molecule has 15 heavy (non-hydrogen) atoms. The number of carbonyl (C=O) groups excluding carboxylic acids is 1. The number of hydrogen-bond donors (Lipinski definition) is 1. The topological polar surface area (TPSA) is 41.6 Å². The summed E-state index contributed by atoms with van der Waals surface area (Å²) in [5.41, 5.74) is 0. The van der Waals surface area contributed by atoms with Gasteiger partial charge in [0.1, 0.15) is 6.10 Å². The normalized spacial score (nSPS) is 21.2. The van der Waals surface area contributed by atoms with Crippen LogP contribution in [0.25, 0.3) is 0 Å². The number of amides is 1. The zero-order valence-corrected chi connectivity index (χ0v) is 9.95. The number of nitrogens with one attached hydrogen (secondary N) is 1. The summed E-state index contributed by atoms with van der Waals surface area (Å²) in [5, 5.41) is 3.06. The molecular weight excluding hydrogens is 192 g/mol. The van der Waals surface area contributed by atoms with Crippen molar-refractivity contribution in [3.63, 3.8) is 0 Å². The Kier molecular flexibility index (Phi) is 4.88. The Morgan fingerprint density at radius 2 is 2.33 bits per heavy atom. The van der Waals surface area contributed by atoms with Gasteiger partial charge in [-0.25, -0.2) is 4.79 Å². The molecule has 0 spiro atoms. The zero-order chi connectivity index (χ0) is 11.3. The third-order valence-electron chi connectivity index (χ3n) is 2.64.